The van der Waals surface area contributed by atoms with Gasteiger partial charge in [-0.05, 0) is 56.6 Å². The van der Waals surface area contributed by atoms with Gasteiger partial charge in [-0.3, -0.25) is 0 Å². The van der Waals surface area contributed by atoms with Gasteiger partial charge in [0.15, 0.2) is 0 Å². The van der Waals surface area contributed by atoms with Gasteiger partial charge < -0.3 is 5.32 Å². The van der Waals surface area contributed by atoms with E-state index < -0.39 is 0 Å². The summed E-state index contributed by atoms with van der Waals surface area (Å²) < 4.78 is 0. The van der Waals surface area contributed by atoms with E-state index in [4.69, 9.17) is 0 Å². The molecule has 0 aliphatic heterocycles. The second-order valence-corrected chi connectivity index (χ2v) is 8.75. The Kier molecular flexibility index (Phi) is 3.58. The Balaban J connectivity index is 1.50. The summed E-state index contributed by atoms with van der Waals surface area (Å²) >= 11 is 0. The van der Waals surface area contributed by atoms with Gasteiger partial charge in [0.05, 0.1) is 0 Å². The first-order chi connectivity index (χ1) is 14.6. The summed E-state index contributed by atoms with van der Waals surface area (Å²) in [6.07, 6.45) is 0. The SMILES string of the molecule is CC1(C)c2ccccc2-c2ccc(Nc3cccc4ccc5ccccc5c34)cc21. The van der Waals surface area contributed by atoms with Crippen LogP contribution < -0.4 is 5.32 Å². The Labute approximate surface area is 177 Å². The van der Waals surface area contributed by atoms with Crippen LogP contribution in [0.5, 0.6) is 0 Å². The van der Waals surface area contributed by atoms with Crippen LogP contribution in [-0.2, 0) is 5.41 Å². The molecule has 1 aliphatic carbocycles. The van der Waals surface area contributed by atoms with Crippen molar-refractivity contribution in [2.24, 2.45) is 0 Å². The predicted octanol–water partition coefficient (Wildman–Crippen LogP) is 8.04. The number of fused-ring (bicyclic) bond motifs is 6. The largest absolute Gasteiger partial charge is 0.355 e. The molecule has 6 rings (SSSR count). The van der Waals surface area contributed by atoms with Gasteiger partial charge in [-0.1, -0.05) is 92.7 Å². The summed E-state index contributed by atoms with van der Waals surface area (Å²) in [6, 6.07) is 35.1. The first kappa shape index (κ1) is 17.3. The highest BCUT2D eigenvalue weighted by Crippen LogP contribution is 2.49. The van der Waals surface area contributed by atoms with Crippen molar-refractivity contribution in [3.63, 3.8) is 0 Å². The van der Waals surface area contributed by atoms with Gasteiger partial charge in [0, 0.05) is 22.2 Å². The quantitative estimate of drug-likeness (QED) is 0.303. The lowest BCUT2D eigenvalue weighted by Crippen LogP contribution is -2.15. The lowest BCUT2D eigenvalue weighted by molar-refractivity contribution is 0.660. The third kappa shape index (κ3) is 2.42. The highest BCUT2D eigenvalue weighted by molar-refractivity contribution is 6.13. The summed E-state index contributed by atoms with van der Waals surface area (Å²) in [5.41, 5.74) is 7.80. The van der Waals surface area contributed by atoms with E-state index in [2.05, 4.69) is 116 Å². The normalized spacial score (nSPS) is 13.9. The Hall–Kier alpha value is -3.58. The van der Waals surface area contributed by atoms with Gasteiger partial charge in [0.1, 0.15) is 0 Å². The van der Waals surface area contributed by atoms with Crippen LogP contribution in [0.3, 0.4) is 0 Å². The molecule has 0 atom stereocenters. The van der Waals surface area contributed by atoms with Gasteiger partial charge in [-0.2, -0.15) is 0 Å². The van der Waals surface area contributed by atoms with E-state index in [1.165, 1.54) is 43.8 Å². The molecule has 144 valence electrons. The number of benzene rings is 5. The van der Waals surface area contributed by atoms with Crippen LogP contribution in [-0.4, -0.2) is 0 Å². The maximum atomic E-state index is 3.73. The van der Waals surface area contributed by atoms with E-state index in [0.717, 1.165) is 11.4 Å². The molecule has 30 heavy (non-hydrogen) atoms. The standard InChI is InChI=1S/C29H23N/c1-29(2)25-12-6-5-11-23(25)24-17-16-21(18-26(24)29)30-27-13-7-9-20-15-14-19-8-3-4-10-22(19)28(20)27/h3-18,30H,1-2H3. The predicted molar refractivity (Wildman–Crippen MR) is 129 cm³/mol. The molecule has 1 heteroatoms. The highest BCUT2D eigenvalue weighted by Gasteiger charge is 2.35. The van der Waals surface area contributed by atoms with E-state index in [1.807, 2.05) is 0 Å². The lowest BCUT2D eigenvalue weighted by atomic mass is 9.82. The first-order valence-electron chi connectivity index (χ1n) is 10.5. The maximum Gasteiger partial charge on any atom is 0.0470 e. The van der Waals surface area contributed by atoms with Crippen molar-refractivity contribution in [1.29, 1.82) is 0 Å². The van der Waals surface area contributed by atoms with Crippen LogP contribution in [0.15, 0.2) is 97.1 Å². The van der Waals surface area contributed by atoms with Crippen LogP contribution in [0.25, 0.3) is 32.7 Å². The van der Waals surface area contributed by atoms with E-state index in [1.54, 1.807) is 0 Å². The van der Waals surface area contributed by atoms with E-state index in [-0.39, 0.29) is 5.41 Å². The van der Waals surface area contributed by atoms with Crippen molar-refractivity contribution in [1.82, 2.24) is 0 Å². The minimum atomic E-state index is 0.00900. The van der Waals surface area contributed by atoms with Crippen LogP contribution in [0, 0.1) is 0 Å². The molecule has 0 fully saturated rings. The van der Waals surface area contributed by atoms with Crippen molar-refractivity contribution in [2.75, 3.05) is 5.32 Å². The Bertz CT molecular complexity index is 1440. The van der Waals surface area contributed by atoms with Crippen molar-refractivity contribution in [3.8, 4) is 11.1 Å². The van der Waals surface area contributed by atoms with Crippen LogP contribution >= 0.6 is 0 Å². The molecule has 0 radical (unpaired) electrons. The molecule has 1 N–H and O–H groups in total. The summed E-state index contributed by atoms with van der Waals surface area (Å²) in [5.74, 6) is 0. The smallest absolute Gasteiger partial charge is 0.0470 e. The van der Waals surface area contributed by atoms with E-state index in [0.29, 0.717) is 0 Å². The molecule has 0 aromatic heterocycles. The molecular weight excluding hydrogens is 362 g/mol. The lowest BCUT2D eigenvalue weighted by Gasteiger charge is -2.22. The van der Waals surface area contributed by atoms with Gasteiger partial charge in [0.2, 0.25) is 0 Å². The molecule has 1 nitrogen and oxygen atoms in total. The number of nitrogens with one attached hydrogen (secondary N) is 1. The highest BCUT2D eigenvalue weighted by atomic mass is 14.9. The molecule has 5 aromatic rings. The van der Waals surface area contributed by atoms with Gasteiger partial charge in [-0.15, -0.1) is 0 Å². The fourth-order valence-corrected chi connectivity index (χ4v) is 5.10. The Morgan fingerprint density at radius 3 is 2.27 bits per heavy atom. The molecule has 0 saturated heterocycles. The second kappa shape index (κ2) is 6.21. The molecule has 0 unspecified atom stereocenters. The topological polar surface area (TPSA) is 12.0 Å². The molecule has 0 amide bonds. The average Bonchev–Trinajstić information content (AvgIpc) is 3.01. The minimum absolute atomic E-state index is 0.00900. The number of rotatable bonds is 2. The fraction of sp³-hybridized carbons (Fsp3) is 0.103. The van der Waals surface area contributed by atoms with Crippen molar-refractivity contribution >= 4 is 32.9 Å². The molecule has 5 aromatic carbocycles. The summed E-state index contributed by atoms with van der Waals surface area (Å²) in [4.78, 5) is 0. The average molecular weight is 386 g/mol. The zero-order valence-corrected chi connectivity index (χ0v) is 17.2. The van der Waals surface area contributed by atoms with Crippen molar-refractivity contribution in [3.05, 3.63) is 108 Å². The van der Waals surface area contributed by atoms with Gasteiger partial charge >= 0.3 is 0 Å². The van der Waals surface area contributed by atoms with Gasteiger partial charge in [0.25, 0.3) is 0 Å². The van der Waals surface area contributed by atoms with Gasteiger partial charge in [-0.25, -0.2) is 0 Å². The first-order valence-corrected chi connectivity index (χ1v) is 10.5. The Morgan fingerprint density at radius 1 is 0.600 bits per heavy atom. The number of hydrogen-bond donors (Lipinski definition) is 1. The van der Waals surface area contributed by atoms with Crippen molar-refractivity contribution < 1.29 is 0 Å². The monoisotopic (exact) mass is 385 g/mol. The number of anilines is 2. The molecular formula is C29H23N. The third-order valence-corrected chi connectivity index (χ3v) is 6.63. The molecule has 0 heterocycles. The zero-order chi connectivity index (χ0) is 20.3. The third-order valence-electron chi connectivity index (χ3n) is 6.63. The minimum Gasteiger partial charge on any atom is -0.355 e. The van der Waals surface area contributed by atoms with E-state index in [9.17, 15) is 0 Å². The fourth-order valence-electron chi connectivity index (χ4n) is 5.10. The maximum absolute atomic E-state index is 3.73. The summed E-state index contributed by atoms with van der Waals surface area (Å²) in [5, 5.41) is 8.82. The summed E-state index contributed by atoms with van der Waals surface area (Å²) in [6.45, 7) is 4.65. The second-order valence-electron chi connectivity index (χ2n) is 8.75. The zero-order valence-electron chi connectivity index (χ0n) is 17.2. The van der Waals surface area contributed by atoms with E-state index >= 15 is 0 Å². The molecule has 0 saturated carbocycles. The number of hydrogen-bond acceptors (Lipinski definition) is 1. The molecule has 1 aliphatic rings. The van der Waals surface area contributed by atoms with Crippen molar-refractivity contribution in [2.45, 2.75) is 19.3 Å². The van der Waals surface area contributed by atoms with Crippen LogP contribution in [0.2, 0.25) is 0 Å². The molecule has 0 spiro atoms. The molecule has 0 bridgehead atoms. The van der Waals surface area contributed by atoms with Crippen LogP contribution in [0.1, 0.15) is 25.0 Å². The van der Waals surface area contributed by atoms with Crippen LogP contribution in [0.4, 0.5) is 11.4 Å². The Morgan fingerprint density at radius 2 is 1.33 bits per heavy atom. The summed E-state index contributed by atoms with van der Waals surface area (Å²) in [7, 11) is 0.